The van der Waals surface area contributed by atoms with E-state index >= 15 is 0 Å². The second-order valence-corrected chi connectivity index (χ2v) is 6.88. The number of hydrogen-bond acceptors (Lipinski definition) is 6. The molecular weight excluding hydrogens is 336 g/mol. The third-order valence-corrected chi connectivity index (χ3v) is 5.19. The van der Waals surface area contributed by atoms with Crippen LogP contribution in [0.4, 0.5) is 0 Å². The van der Waals surface area contributed by atoms with E-state index in [4.69, 9.17) is 4.52 Å². The van der Waals surface area contributed by atoms with Crippen LogP contribution in [0.1, 0.15) is 35.4 Å². The number of aryl methyl sites for hydroxylation is 1. The van der Waals surface area contributed by atoms with E-state index in [1.807, 2.05) is 33.9 Å². The minimum atomic E-state index is 0.134. The number of carbonyl (C=O) groups is 1. The summed E-state index contributed by atoms with van der Waals surface area (Å²) < 4.78 is 5.33. The number of rotatable bonds is 5. The molecule has 0 aliphatic carbocycles. The SMILES string of the molecule is O=C(c1ccsc1)N1CCCC1CCc1noc(-c2ccncc2)n1. The number of hydrogen-bond donors (Lipinski definition) is 0. The molecule has 6 nitrogen and oxygen atoms in total. The fraction of sp³-hybridized carbons (Fsp3) is 0.333. The average molecular weight is 354 g/mol. The van der Waals surface area contributed by atoms with E-state index in [1.165, 1.54) is 0 Å². The Labute approximate surface area is 149 Å². The van der Waals surface area contributed by atoms with Crippen molar-refractivity contribution in [1.29, 1.82) is 0 Å². The van der Waals surface area contributed by atoms with Crippen LogP contribution in [0.15, 0.2) is 45.9 Å². The summed E-state index contributed by atoms with van der Waals surface area (Å²) in [5.74, 6) is 1.33. The molecule has 1 amide bonds. The van der Waals surface area contributed by atoms with Crippen molar-refractivity contribution in [3.8, 4) is 11.5 Å². The van der Waals surface area contributed by atoms with Crippen LogP contribution in [-0.2, 0) is 6.42 Å². The number of likely N-dealkylation sites (tertiary alicyclic amines) is 1. The Balaban J connectivity index is 1.39. The van der Waals surface area contributed by atoms with E-state index in [2.05, 4.69) is 15.1 Å². The van der Waals surface area contributed by atoms with Crippen LogP contribution >= 0.6 is 11.3 Å². The van der Waals surface area contributed by atoms with Crippen molar-refractivity contribution in [3.63, 3.8) is 0 Å². The fourth-order valence-electron chi connectivity index (χ4n) is 3.22. The second kappa shape index (κ2) is 7.14. The van der Waals surface area contributed by atoms with Gasteiger partial charge in [0.05, 0.1) is 5.56 Å². The molecule has 0 radical (unpaired) electrons. The maximum Gasteiger partial charge on any atom is 0.258 e. The Morgan fingerprint density at radius 3 is 3.00 bits per heavy atom. The van der Waals surface area contributed by atoms with Crippen molar-refractivity contribution in [3.05, 3.63) is 52.7 Å². The van der Waals surface area contributed by atoms with Gasteiger partial charge in [-0.3, -0.25) is 9.78 Å². The van der Waals surface area contributed by atoms with E-state index in [1.54, 1.807) is 23.7 Å². The monoisotopic (exact) mass is 354 g/mol. The topological polar surface area (TPSA) is 72.1 Å². The van der Waals surface area contributed by atoms with Crippen molar-refractivity contribution >= 4 is 17.2 Å². The maximum absolute atomic E-state index is 12.6. The summed E-state index contributed by atoms with van der Waals surface area (Å²) in [6.07, 6.45) is 7.04. The highest BCUT2D eigenvalue weighted by Gasteiger charge is 2.29. The minimum absolute atomic E-state index is 0.134. The molecule has 0 bridgehead atoms. The summed E-state index contributed by atoms with van der Waals surface area (Å²) >= 11 is 1.55. The summed E-state index contributed by atoms with van der Waals surface area (Å²) in [5.41, 5.74) is 1.65. The molecule has 7 heteroatoms. The van der Waals surface area contributed by atoms with E-state index < -0.39 is 0 Å². The summed E-state index contributed by atoms with van der Waals surface area (Å²) in [6, 6.07) is 5.82. The summed E-state index contributed by atoms with van der Waals surface area (Å²) in [7, 11) is 0. The van der Waals surface area contributed by atoms with Crippen molar-refractivity contribution in [2.45, 2.75) is 31.7 Å². The van der Waals surface area contributed by atoms with E-state index in [0.29, 0.717) is 18.1 Å². The smallest absolute Gasteiger partial charge is 0.258 e. The van der Waals surface area contributed by atoms with Gasteiger partial charge in [-0.25, -0.2) is 0 Å². The van der Waals surface area contributed by atoms with Gasteiger partial charge < -0.3 is 9.42 Å². The molecule has 0 saturated carbocycles. The standard InChI is InChI=1S/C18H18N4O2S/c23-18(14-7-11-25-12-14)22-10-1-2-15(22)3-4-16-20-17(24-21-16)13-5-8-19-9-6-13/h5-9,11-12,15H,1-4,10H2. The van der Waals surface area contributed by atoms with Crippen molar-refractivity contribution in [2.24, 2.45) is 0 Å². The van der Waals surface area contributed by atoms with E-state index in [9.17, 15) is 4.79 Å². The van der Waals surface area contributed by atoms with Crippen LogP contribution in [0, 0.1) is 0 Å². The van der Waals surface area contributed by atoms with E-state index in [0.717, 1.165) is 36.9 Å². The molecule has 0 spiro atoms. The van der Waals surface area contributed by atoms with Crippen LogP contribution in [-0.4, -0.2) is 38.5 Å². The van der Waals surface area contributed by atoms with Gasteiger partial charge in [0, 0.05) is 42.3 Å². The third kappa shape index (κ3) is 3.46. The number of amides is 1. The zero-order valence-corrected chi connectivity index (χ0v) is 14.5. The van der Waals surface area contributed by atoms with Gasteiger partial charge in [0.15, 0.2) is 5.82 Å². The molecule has 1 unspecified atom stereocenters. The van der Waals surface area contributed by atoms with Crippen molar-refractivity contribution in [1.82, 2.24) is 20.0 Å². The molecular formula is C18H18N4O2S. The third-order valence-electron chi connectivity index (χ3n) is 4.50. The van der Waals surface area contributed by atoms with Gasteiger partial charge in [-0.1, -0.05) is 5.16 Å². The van der Waals surface area contributed by atoms with Gasteiger partial charge in [0.2, 0.25) is 0 Å². The number of nitrogens with zero attached hydrogens (tertiary/aromatic N) is 4. The lowest BCUT2D eigenvalue weighted by molar-refractivity contribution is 0.0731. The van der Waals surface area contributed by atoms with Crippen LogP contribution in [0.3, 0.4) is 0 Å². The van der Waals surface area contributed by atoms with Crippen molar-refractivity contribution in [2.75, 3.05) is 6.54 Å². The highest BCUT2D eigenvalue weighted by molar-refractivity contribution is 7.08. The van der Waals surface area contributed by atoms with Gasteiger partial charge in [-0.05, 0) is 42.8 Å². The molecule has 3 aromatic rings. The molecule has 4 rings (SSSR count). The number of carbonyl (C=O) groups excluding carboxylic acids is 1. The van der Waals surface area contributed by atoms with E-state index in [-0.39, 0.29) is 11.9 Å². The molecule has 1 fully saturated rings. The predicted molar refractivity (Wildman–Crippen MR) is 94.2 cm³/mol. The summed E-state index contributed by atoms with van der Waals surface area (Å²) in [4.78, 5) is 23.0. The zero-order chi connectivity index (χ0) is 17.1. The lowest BCUT2D eigenvalue weighted by Crippen LogP contribution is -2.35. The summed E-state index contributed by atoms with van der Waals surface area (Å²) in [5, 5.41) is 7.92. The number of thiophene rings is 1. The molecule has 1 aliphatic heterocycles. The highest BCUT2D eigenvalue weighted by Crippen LogP contribution is 2.25. The molecule has 3 aromatic heterocycles. The molecule has 0 aromatic carbocycles. The van der Waals surface area contributed by atoms with Crippen LogP contribution in [0.5, 0.6) is 0 Å². The Hall–Kier alpha value is -2.54. The lowest BCUT2D eigenvalue weighted by Gasteiger charge is -2.24. The first-order valence-corrected chi connectivity index (χ1v) is 9.32. The van der Waals surface area contributed by atoms with Crippen LogP contribution in [0.25, 0.3) is 11.5 Å². The van der Waals surface area contributed by atoms with Crippen molar-refractivity contribution < 1.29 is 9.32 Å². The molecule has 4 heterocycles. The molecule has 25 heavy (non-hydrogen) atoms. The molecule has 0 N–H and O–H groups in total. The molecule has 1 atom stereocenters. The Morgan fingerprint density at radius 2 is 2.20 bits per heavy atom. The van der Waals surface area contributed by atoms with Gasteiger partial charge >= 0.3 is 0 Å². The normalized spacial score (nSPS) is 17.1. The van der Waals surface area contributed by atoms with Gasteiger partial charge in [0.1, 0.15) is 0 Å². The zero-order valence-electron chi connectivity index (χ0n) is 13.7. The first-order valence-electron chi connectivity index (χ1n) is 8.37. The lowest BCUT2D eigenvalue weighted by atomic mass is 10.1. The Kier molecular flexibility index (Phi) is 4.56. The quantitative estimate of drug-likeness (QED) is 0.702. The van der Waals surface area contributed by atoms with Crippen LogP contribution < -0.4 is 0 Å². The predicted octanol–water partition coefficient (Wildman–Crippen LogP) is 3.43. The maximum atomic E-state index is 12.6. The molecule has 128 valence electrons. The van der Waals surface area contributed by atoms with Gasteiger partial charge in [-0.15, -0.1) is 0 Å². The first-order chi connectivity index (χ1) is 12.3. The van der Waals surface area contributed by atoms with Gasteiger partial charge in [-0.2, -0.15) is 16.3 Å². The molecule has 1 aliphatic rings. The average Bonchev–Trinajstić information content (AvgIpc) is 3.41. The Morgan fingerprint density at radius 1 is 1.32 bits per heavy atom. The first kappa shape index (κ1) is 16.0. The number of aromatic nitrogens is 3. The number of pyridine rings is 1. The summed E-state index contributed by atoms with van der Waals surface area (Å²) in [6.45, 7) is 0.827. The van der Waals surface area contributed by atoms with Crippen LogP contribution in [0.2, 0.25) is 0 Å². The Bertz CT molecular complexity index is 832. The molecule has 1 saturated heterocycles. The largest absolute Gasteiger partial charge is 0.336 e. The highest BCUT2D eigenvalue weighted by atomic mass is 32.1. The fourth-order valence-corrected chi connectivity index (χ4v) is 3.85. The minimum Gasteiger partial charge on any atom is -0.336 e. The second-order valence-electron chi connectivity index (χ2n) is 6.10. The van der Waals surface area contributed by atoms with Gasteiger partial charge in [0.25, 0.3) is 11.8 Å².